The fraction of sp³-hybridized carbons (Fsp3) is 0.222. The van der Waals surface area contributed by atoms with Crippen molar-refractivity contribution in [3.8, 4) is 11.3 Å². The summed E-state index contributed by atoms with van der Waals surface area (Å²) in [6.45, 7) is 5.76. The molecule has 1 unspecified atom stereocenters. The molecular weight excluding hydrogens is 341 g/mol. The Morgan fingerprint density at radius 3 is 2.96 bits per heavy atom. The van der Waals surface area contributed by atoms with Crippen LogP contribution in [0.3, 0.4) is 0 Å². The Balaban J connectivity index is 1.88. The Kier molecular flexibility index (Phi) is 5.25. The number of carbonyl (C=O) groups excluding carboxylic acids is 1. The molecule has 3 rings (SSSR count). The number of hydrogen-bond donors (Lipinski definition) is 1. The maximum absolute atomic E-state index is 13.2. The third kappa shape index (κ3) is 3.78. The first kappa shape index (κ1) is 17.3. The van der Waals surface area contributed by atoms with Crippen molar-refractivity contribution in [3.63, 3.8) is 0 Å². The Labute approximate surface area is 148 Å². The summed E-state index contributed by atoms with van der Waals surface area (Å²) in [7, 11) is 0. The minimum absolute atomic E-state index is 0.263. The molecule has 0 saturated heterocycles. The van der Waals surface area contributed by atoms with E-state index in [2.05, 4.69) is 16.9 Å². The summed E-state index contributed by atoms with van der Waals surface area (Å²) < 4.78 is 20.5. The molecule has 0 aliphatic carbocycles. The molecule has 0 bridgehead atoms. The van der Waals surface area contributed by atoms with Crippen LogP contribution in [0.1, 0.15) is 13.3 Å². The summed E-state index contributed by atoms with van der Waals surface area (Å²) in [6, 6.07) is 6.02. The number of anilines is 1. The number of aromatic nitrogens is 2. The van der Waals surface area contributed by atoms with E-state index >= 15 is 0 Å². The van der Waals surface area contributed by atoms with E-state index < -0.39 is 6.10 Å². The van der Waals surface area contributed by atoms with E-state index in [0.29, 0.717) is 24.5 Å². The topological polar surface area (TPSA) is 55.6 Å². The van der Waals surface area contributed by atoms with Crippen molar-refractivity contribution in [2.24, 2.45) is 0 Å². The lowest BCUT2D eigenvalue weighted by molar-refractivity contribution is -0.126. The molecule has 2 aromatic heterocycles. The molecule has 0 aliphatic heterocycles. The summed E-state index contributed by atoms with van der Waals surface area (Å²) in [5.74, 6) is -0.0351. The number of imidazole rings is 1. The van der Waals surface area contributed by atoms with Crippen molar-refractivity contribution in [2.75, 3.05) is 11.9 Å². The summed E-state index contributed by atoms with van der Waals surface area (Å²) >= 11 is 1.46. The highest BCUT2D eigenvalue weighted by atomic mass is 32.1. The maximum Gasteiger partial charge on any atom is 0.254 e. The molecule has 0 fully saturated rings. The van der Waals surface area contributed by atoms with Crippen molar-refractivity contribution in [3.05, 3.63) is 54.3 Å². The first-order valence-corrected chi connectivity index (χ1v) is 8.73. The zero-order valence-corrected chi connectivity index (χ0v) is 14.6. The lowest BCUT2D eigenvalue weighted by Crippen LogP contribution is -2.28. The van der Waals surface area contributed by atoms with Crippen molar-refractivity contribution in [2.45, 2.75) is 19.4 Å². The first-order chi connectivity index (χ1) is 12.1. The van der Waals surface area contributed by atoms with Gasteiger partial charge in [0.25, 0.3) is 5.91 Å². The molecule has 0 aliphatic rings. The van der Waals surface area contributed by atoms with E-state index in [1.165, 1.54) is 23.5 Å². The normalized spacial score (nSPS) is 12.2. The van der Waals surface area contributed by atoms with Crippen LogP contribution in [-0.2, 0) is 9.53 Å². The number of rotatable bonds is 7. The zero-order valence-electron chi connectivity index (χ0n) is 13.7. The Morgan fingerprint density at radius 2 is 2.24 bits per heavy atom. The number of carbonyl (C=O) groups is 1. The minimum Gasteiger partial charge on any atom is -0.368 e. The Morgan fingerprint density at radius 1 is 1.48 bits per heavy atom. The van der Waals surface area contributed by atoms with Crippen molar-refractivity contribution in [1.29, 1.82) is 0 Å². The number of amides is 1. The van der Waals surface area contributed by atoms with Crippen LogP contribution in [0.5, 0.6) is 0 Å². The molecule has 0 saturated carbocycles. The van der Waals surface area contributed by atoms with Gasteiger partial charge in [0.2, 0.25) is 0 Å². The van der Waals surface area contributed by atoms with Gasteiger partial charge in [-0.05, 0) is 37.6 Å². The largest absolute Gasteiger partial charge is 0.368 e. The van der Waals surface area contributed by atoms with Gasteiger partial charge in [0, 0.05) is 17.1 Å². The van der Waals surface area contributed by atoms with E-state index in [0.717, 1.165) is 10.5 Å². The van der Waals surface area contributed by atoms with Gasteiger partial charge in [0.05, 0.1) is 6.61 Å². The van der Waals surface area contributed by atoms with Crippen molar-refractivity contribution in [1.82, 2.24) is 9.38 Å². The summed E-state index contributed by atoms with van der Waals surface area (Å²) in [4.78, 5) is 17.7. The molecule has 130 valence electrons. The number of halogens is 1. The standard InChI is InChI=1S/C18H18FN3O2S/c1-3-4-10-24-12(2)17(23)21-16-15(13-5-7-14(19)8-6-13)20-18-22(16)9-11-25-18/h3,5-9,11-12H,1,4,10H2,2H3,(H,21,23). The zero-order chi connectivity index (χ0) is 17.8. The quantitative estimate of drug-likeness (QED) is 0.510. The molecule has 2 heterocycles. The van der Waals surface area contributed by atoms with Crippen LogP contribution in [0, 0.1) is 5.82 Å². The molecule has 0 spiro atoms. The van der Waals surface area contributed by atoms with Gasteiger partial charge < -0.3 is 10.1 Å². The second kappa shape index (κ2) is 7.58. The summed E-state index contributed by atoms with van der Waals surface area (Å²) in [5, 5.41) is 4.77. The molecule has 25 heavy (non-hydrogen) atoms. The van der Waals surface area contributed by atoms with Crippen LogP contribution in [0.2, 0.25) is 0 Å². The third-order valence-electron chi connectivity index (χ3n) is 3.68. The second-order valence-corrected chi connectivity index (χ2v) is 6.32. The summed E-state index contributed by atoms with van der Waals surface area (Å²) in [6.07, 6.45) is 3.65. The number of hydrogen-bond acceptors (Lipinski definition) is 4. The highest BCUT2D eigenvalue weighted by Crippen LogP contribution is 2.31. The number of nitrogens with zero attached hydrogens (tertiary/aromatic N) is 2. The third-order valence-corrected chi connectivity index (χ3v) is 4.44. The molecular formula is C18H18FN3O2S. The fourth-order valence-corrected chi connectivity index (χ4v) is 3.05. The fourth-order valence-electron chi connectivity index (χ4n) is 2.34. The molecule has 0 radical (unpaired) electrons. The van der Waals surface area contributed by atoms with E-state index in [9.17, 15) is 9.18 Å². The predicted octanol–water partition coefficient (Wildman–Crippen LogP) is 4.12. The van der Waals surface area contributed by atoms with Crippen LogP contribution in [0.25, 0.3) is 16.2 Å². The summed E-state index contributed by atoms with van der Waals surface area (Å²) in [5.41, 5.74) is 1.33. The lowest BCUT2D eigenvalue weighted by atomic mass is 10.1. The van der Waals surface area contributed by atoms with Crippen LogP contribution in [0.15, 0.2) is 48.5 Å². The Hall–Kier alpha value is -2.51. The van der Waals surface area contributed by atoms with Crippen molar-refractivity contribution < 1.29 is 13.9 Å². The molecule has 7 heteroatoms. The van der Waals surface area contributed by atoms with Gasteiger partial charge in [-0.15, -0.1) is 17.9 Å². The van der Waals surface area contributed by atoms with Crippen LogP contribution in [0.4, 0.5) is 10.2 Å². The smallest absolute Gasteiger partial charge is 0.254 e. The lowest BCUT2D eigenvalue weighted by Gasteiger charge is -2.13. The van der Waals surface area contributed by atoms with Crippen LogP contribution < -0.4 is 5.32 Å². The first-order valence-electron chi connectivity index (χ1n) is 7.85. The Bertz CT molecular complexity index is 886. The second-order valence-electron chi connectivity index (χ2n) is 5.45. The van der Waals surface area contributed by atoms with Gasteiger partial charge in [-0.1, -0.05) is 6.08 Å². The molecule has 1 amide bonds. The predicted molar refractivity (Wildman–Crippen MR) is 97.3 cm³/mol. The highest BCUT2D eigenvalue weighted by molar-refractivity contribution is 7.15. The van der Waals surface area contributed by atoms with Gasteiger partial charge in [0.15, 0.2) is 4.96 Å². The van der Waals surface area contributed by atoms with Crippen LogP contribution in [-0.4, -0.2) is 28.0 Å². The van der Waals surface area contributed by atoms with E-state index in [4.69, 9.17) is 4.74 Å². The van der Waals surface area contributed by atoms with E-state index in [1.807, 2.05) is 11.6 Å². The number of thiazole rings is 1. The molecule has 1 atom stereocenters. The maximum atomic E-state index is 13.2. The molecule has 5 nitrogen and oxygen atoms in total. The van der Waals surface area contributed by atoms with Crippen molar-refractivity contribution >= 4 is 28.0 Å². The number of nitrogens with one attached hydrogen (secondary N) is 1. The number of fused-ring (bicyclic) bond motifs is 1. The van der Waals surface area contributed by atoms with Gasteiger partial charge in [0.1, 0.15) is 23.4 Å². The minimum atomic E-state index is -0.606. The van der Waals surface area contributed by atoms with Gasteiger partial charge >= 0.3 is 0 Å². The average Bonchev–Trinajstić information content (AvgIpc) is 3.18. The molecule has 3 aromatic rings. The van der Waals surface area contributed by atoms with Gasteiger partial charge in [-0.3, -0.25) is 9.20 Å². The monoisotopic (exact) mass is 359 g/mol. The number of ether oxygens (including phenoxy) is 1. The van der Waals surface area contributed by atoms with Gasteiger partial charge in [-0.2, -0.15) is 0 Å². The SMILES string of the molecule is C=CCCOC(C)C(=O)Nc1c(-c2ccc(F)cc2)nc2sccn12. The van der Waals surface area contributed by atoms with E-state index in [-0.39, 0.29) is 11.7 Å². The molecule has 1 N–H and O–H groups in total. The highest BCUT2D eigenvalue weighted by Gasteiger charge is 2.20. The number of benzene rings is 1. The average molecular weight is 359 g/mol. The molecule has 1 aromatic carbocycles. The van der Waals surface area contributed by atoms with Crippen LogP contribution >= 0.6 is 11.3 Å². The van der Waals surface area contributed by atoms with E-state index in [1.54, 1.807) is 29.5 Å². The van der Waals surface area contributed by atoms with Gasteiger partial charge in [-0.25, -0.2) is 9.37 Å².